The molecule has 7 heteroatoms. The molecule has 3 unspecified atom stereocenters. The molecule has 0 bridgehead atoms. The van der Waals surface area contributed by atoms with E-state index in [1.807, 2.05) is 29.2 Å². The Morgan fingerprint density at radius 2 is 1.62 bits per heavy atom. The van der Waals surface area contributed by atoms with Gasteiger partial charge in [0.2, 0.25) is 11.8 Å². The largest absolute Gasteiger partial charge is 0.468 e. The van der Waals surface area contributed by atoms with Crippen molar-refractivity contribution in [2.24, 2.45) is 11.8 Å². The van der Waals surface area contributed by atoms with Gasteiger partial charge in [-0.1, -0.05) is 36.4 Å². The van der Waals surface area contributed by atoms with Crippen molar-refractivity contribution in [1.29, 1.82) is 0 Å². The topological polar surface area (TPSA) is 66.9 Å². The number of esters is 1. The smallest absolute Gasteiger partial charge is 0.327 e. The minimum Gasteiger partial charge on any atom is -0.468 e. The Hall–Kier alpha value is -3.06. The number of carbonyl (C=O) groups excluding carboxylic acids is 3. The number of hydrogen-bond acceptors (Lipinski definition) is 5. The van der Waals surface area contributed by atoms with E-state index in [1.54, 1.807) is 12.1 Å². The summed E-state index contributed by atoms with van der Waals surface area (Å²) in [4.78, 5) is 42.7. The minimum absolute atomic E-state index is 0.245. The predicted octanol–water partition coefficient (Wildman–Crippen LogP) is 3.18. The first-order valence-corrected chi connectivity index (χ1v) is 10.9. The number of rotatable bonds is 3. The van der Waals surface area contributed by atoms with E-state index in [1.165, 1.54) is 31.2 Å². The van der Waals surface area contributed by atoms with Crippen LogP contribution in [0.4, 0.5) is 4.39 Å². The molecule has 4 atom stereocenters. The highest BCUT2D eigenvalue weighted by molar-refractivity contribution is 6.09. The number of nitrogens with zero attached hydrogens (tertiary/aromatic N) is 2. The molecule has 32 heavy (non-hydrogen) atoms. The Morgan fingerprint density at radius 3 is 2.25 bits per heavy atom. The Balaban J connectivity index is 1.60. The molecule has 166 valence electrons. The number of amides is 2. The number of likely N-dealkylation sites (tertiary alicyclic amines) is 1. The van der Waals surface area contributed by atoms with E-state index in [0.717, 1.165) is 29.5 Å². The monoisotopic (exact) mass is 436 g/mol. The molecule has 2 aromatic rings. The summed E-state index contributed by atoms with van der Waals surface area (Å²) in [5.74, 6) is -2.64. The van der Waals surface area contributed by atoms with Crippen LogP contribution < -0.4 is 0 Å². The molecule has 3 heterocycles. The second kappa shape index (κ2) is 7.52. The number of methoxy groups -OCH3 is 1. The summed E-state index contributed by atoms with van der Waals surface area (Å²) in [6.45, 7) is 0.622. The number of benzene rings is 2. The van der Waals surface area contributed by atoms with Gasteiger partial charge < -0.3 is 4.74 Å². The van der Waals surface area contributed by atoms with Crippen molar-refractivity contribution >= 4 is 17.8 Å². The van der Waals surface area contributed by atoms with Crippen molar-refractivity contribution in [3.05, 3.63) is 59.9 Å². The molecule has 0 spiro atoms. The standard InChI is InChI=1S/C25H25FN2O4/c1-27-22(29)19-20(23(27)30)25(24(31)32-2)13-3-4-14-28(25)21(19)17-7-5-15(6-8-17)16-9-11-18(26)12-10-16/h5-12,19-21H,3-4,13-14H2,1-2H3/t19?,20?,21?,25-/m0/s1. The maximum atomic E-state index is 13.3. The van der Waals surface area contributed by atoms with Gasteiger partial charge in [-0.2, -0.15) is 0 Å². The molecule has 0 aliphatic carbocycles. The van der Waals surface area contributed by atoms with E-state index >= 15 is 0 Å². The van der Waals surface area contributed by atoms with Crippen LogP contribution in [0.1, 0.15) is 30.9 Å². The van der Waals surface area contributed by atoms with Crippen LogP contribution in [0.3, 0.4) is 0 Å². The summed E-state index contributed by atoms with van der Waals surface area (Å²) >= 11 is 0. The van der Waals surface area contributed by atoms with Crippen molar-refractivity contribution in [3.8, 4) is 11.1 Å². The van der Waals surface area contributed by atoms with Gasteiger partial charge in [-0.25, -0.2) is 4.39 Å². The van der Waals surface area contributed by atoms with Crippen LogP contribution in [0.2, 0.25) is 0 Å². The number of ether oxygens (including phenoxy) is 1. The van der Waals surface area contributed by atoms with Crippen molar-refractivity contribution < 1.29 is 23.5 Å². The number of imide groups is 1. The fraction of sp³-hybridized carbons (Fsp3) is 0.400. The fourth-order valence-corrected chi connectivity index (χ4v) is 6.02. The first-order valence-electron chi connectivity index (χ1n) is 10.9. The van der Waals surface area contributed by atoms with Crippen LogP contribution in [0.25, 0.3) is 11.1 Å². The van der Waals surface area contributed by atoms with Crippen LogP contribution in [0.5, 0.6) is 0 Å². The maximum Gasteiger partial charge on any atom is 0.327 e. The molecule has 3 saturated heterocycles. The molecule has 0 radical (unpaired) electrons. The van der Waals surface area contributed by atoms with E-state index in [9.17, 15) is 18.8 Å². The third-order valence-corrected chi connectivity index (χ3v) is 7.45. The number of fused-ring (bicyclic) bond motifs is 3. The fourth-order valence-electron chi connectivity index (χ4n) is 6.02. The zero-order valence-electron chi connectivity index (χ0n) is 18.1. The second-order valence-corrected chi connectivity index (χ2v) is 8.88. The molecular formula is C25H25FN2O4. The predicted molar refractivity (Wildman–Crippen MR) is 115 cm³/mol. The summed E-state index contributed by atoms with van der Waals surface area (Å²) in [6, 6.07) is 13.6. The first-order chi connectivity index (χ1) is 15.4. The van der Waals surface area contributed by atoms with Crippen molar-refractivity contribution in [2.75, 3.05) is 20.7 Å². The molecular weight excluding hydrogens is 411 g/mol. The highest BCUT2D eigenvalue weighted by Crippen LogP contribution is 2.58. The van der Waals surface area contributed by atoms with Gasteiger partial charge in [0.15, 0.2) is 0 Å². The molecule has 0 aromatic heterocycles. The lowest BCUT2D eigenvalue weighted by Gasteiger charge is -2.44. The number of carbonyl (C=O) groups is 3. The Morgan fingerprint density at radius 1 is 1.00 bits per heavy atom. The van der Waals surface area contributed by atoms with Gasteiger partial charge in [-0.15, -0.1) is 0 Å². The SMILES string of the molecule is COC(=O)[C@@]12CCCCN1C(c1ccc(-c3ccc(F)cc3)cc1)C1C(=O)N(C)C(=O)C12. The number of piperidine rings is 1. The van der Waals surface area contributed by atoms with Gasteiger partial charge in [0, 0.05) is 13.1 Å². The van der Waals surface area contributed by atoms with Gasteiger partial charge in [0.05, 0.1) is 18.9 Å². The molecule has 0 N–H and O–H groups in total. The lowest BCUT2D eigenvalue weighted by molar-refractivity contribution is -0.163. The Kier molecular flexibility index (Phi) is 4.89. The summed E-state index contributed by atoms with van der Waals surface area (Å²) in [5, 5.41) is 0. The van der Waals surface area contributed by atoms with Crippen LogP contribution in [-0.4, -0.2) is 53.8 Å². The third-order valence-electron chi connectivity index (χ3n) is 7.45. The molecule has 6 nitrogen and oxygen atoms in total. The van der Waals surface area contributed by atoms with Crippen LogP contribution in [0, 0.1) is 17.7 Å². The summed E-state index contributed by atoms with van der Waals surface area (Å²) in [7, 11) is 2.84. The van der Waals surface area contributed by atoms with E-state index in [-0.39, 0.29) is 23.7 Å². The lowest BCUT2D eigenvalue weighted by Crippen LogP contribution is -2.59. The molecule has 2 amide bonds. The lowest BCUT2D eigenvalue weighted by atomic mass is 9.75. The van der Waals surface area contributed by atoms with E-state index in [0.29, 0.717) is 13.0 Å². The van der Waals surface area contributed by atoms with Gasteiger partial charge in [0.25, 0.3) is 0 Å². The van der Waals surface area contributed by atoms with E-state index < -0.39 is 23.3 Å². The Labute approximate surface area is 185 Å². The molecule has 3 fully saturated rings. The quantitative estimate of drug-likeness (QED) is 0.546. The summed E-state index contributed by atoms with van der Waals surface area (Å²) in [5.41, 5.74) is 1.58. The molecule has 5 rings (SSSR count). The van der Waals surface area contributed by atoms with Crippen LogP contribution in [-0.2, 0) is 19.1 Å². The van der Waals surface area contributed by atoms with Crippen molar-refractivity contribution in [2.45, 2.75) is 30.8 Å². The average molecular weight is 436 g/mol. The highest BCUT2D eigenvalue weighted by atomic mass is 19.1. The third kappa shape index (κ3) is 2.77. The zero-order valence-corrected chi connectivity index (χ0v) is 18.1. The molecule has 3 aliphatic heterocycles. The van der Waals surface area contributed by atoms with Gasteiger partial charge in [-0.05, 0) is 54.6 Å². The molecule has 2 aromatic carbocycles. The summed E-state index contributed by atoms with van der Waals surface area (Å²) in [6.07, 6.45) is 2.19. The number of hydrogen-bond donors (Lipinski definition) is 0. The van der Waals surface area contributed by atoms with Crippen molar-refractivity contribution in [1.82, 2.24) is 9.80 Å². The highest BCUT2D eigenvalue weighted by Gasteiger charge is 2.72. The Bertz CT molecular complexity index is 1080. The van der Waals surface area contributed by atoms with Crippen molar-refractivity contribution in [3.63, 3.8) is 0 Å². The van der Waals surface area contributed by atoms with Gasteiger partial charge in [0.1, 0.15) is 11.4 Å². The molecule has 3 aliphatic rings. The second-order valence-electron chi connectivity index (χ2n) is 8.88. The molecule has 0 saturated carbocycles. The zero-order chi connectivity index (χ0) is 22.6. The van der Waals surface area contributed by atoms with Crippen LogP contribution in [0.15, 0.2) is 48.5 Å². The maximum absolute atomic E-state index is 13.3. The van der Waals surface area contributed by atoms with Crippen LogP contribution >= 0.6 is 0 Å². The van der Waals surface area contributed by atoms with Gasteiger partial charge in [-0.3, -0.25) is 24.2 Å². The van der Waals surface area contributed by atoms with E-state index in [2.05, 4.69) is 0 Å². The van der Waals surface area contributed by atoms with Gasteiger partial charge >= 0.3 is 5.97 Å². The average Bonchev–Trinajstić information content (AvgIpc) is 3.25. The number of halogens is 1. The normalized spacial score (nSPS) is 29.7. The first kappa shape index (κ1) is 20.8. The summed E-state index contributed by atoms with van der Waals surface area (Å²) < 4.78 is 18.5. The van der Waals surface area contributed by atoms with E-state index in [4.69, 9.17) is 4.74 Å². The minimum atomic E-state index is -1.12.